The Hall–Kier alpha value is -3.90. The predicted molar refractivity (Wildman–Crippen MR) is 136 cm³/mol. The van der Waals surface area contributed by atoms with Crippen molar-refractivity contribution in [1.29, 1.82) is 0 Å². The zero-order chi connectivity index (χ0) is 22.5. The number of pyridine rings is 1. The maximum Gasteiger partial charge on any atom is 0.202 e. The molecule has 0 fully saturated rings. The highest BCUT2D eigenvalue weighted by molar-refractivity contribution is 7.99. The molecule has 164 valence electrons. The SMILES string of the molecule is c1ccc(-c2nnc(Sc3c4c(cc5nc6ccccc6n35)CCC4)n2-c2ccccc2)cc1. The number of hydrogen-bond acceptors (Lipinski definition) is 4. The van der Waals surface area contributed by atoms with E-state index in [1.807, 2.05) is 30.3 Å². The maximum absolute atomic E-state index is 4.94. The van der Waals surface area contributed by atoms with E-state index in [-0.39, 0.29) is 0 Å². The van der Waals surface area contributed by atoms with Gasteiger partial charge in [0.05, 0.1) is 16.1 Å². The van der Waals surface area contributed by atoms with E-state index in [0.29, 0.717) is 0 Å². The van der Waals surface area contributed by atoms with Crippen LogP contribution >= 0.6 is 11.8 Å². The summed E-state index contributed by atoms with van der Waals surface area (Å²) < 4.78 is 4.47. The molecule has 0 aliphatic heterocycles. The molecule has 1 aliphatic carbocycles. The van der Waals surface area contributed by atoms with Crippen molar-refractivity contribution in [2.75, 3.05) is 0 Å². The van der Waals surface area contributed by atoms with Crippen molar-refractivity contribution < 1.29 is 0 Å². The summed E-state index contributed by atoms with van der Waals surface area (Å²) >= 11 is 1.69. The Kier molecular flexibility index (Phi) is 4.52. The molecule has 3 aromatic carbocycles. The molecule has 0 amide bonds. The highest BCUT2D eigenvalue weighted by atomic mass is 32.2. The van der Waals surface area contributed by atoms with Crippen molar-refractivity contribution in [2.24, 2.45) is 0 Å². The minimum absolute atomic E-state index is 0.841. The predicted octanol–water partition coefficient (Wildman–Crippen LogP) is 6.38. The second-order valence-electron chi connectivity index (χ2n) is 8.55. The molecule has 0 unspecified atom stereocenters. The van der Waals surface area contributed by atoms with Crippen LogP contribution in [-0.4, -0.2) is 24.1 Å². The average Bonchev–Trinajstić information content (AvgIpc) is 3.61. The third-order valence-corrected chi connectivity index (χ3v) is 7.55. The Balaban J connectivity index is 1.47. The van der Waals surface area contributed by atoms with Crippen molar-refractivity contribution in [3.05, 3.63) is 102 Å². The first kappa shape index (κ1) is 19.6. The van der Waals surface area contributed by atoms with Crippen LogP contribution < -0.4 is 0 Å². The van der Waals surface area contributed by atoms with Gasteiger partial charge in [-0.05, 0) is 72.5 Å². The van der Waals surface area contributed by atoms with E-state index in [9.17, 15) is 0 Å². The summed E-state index contributed by atoms with van der Waals surface area (Å²) in [7, 11) is 0. The first-order valence-electron chi connectivity index (χ1n) is 11.5. The van der Waals surface area contributed by atoms with Gasteiger partial charge in [0, 0.05) is 11.3 Å². The maximum atomic E-state index is 4.94. The number of aromatic nitrogens is 5. The summed E-state index contributed by atoms with van der Waals surface area (Å²) in [5, 5.41) is 11.4. The first-order chi connectivity index (χ1) is 16.9. The van der Waals surface area contributed by atoms with Crippen LogP contribution in [0.3, 0.4) is 0 Å². The molecule has 3 heterocycles. The highest BCUT2D eigenvalue weighted by Crippen LogP contribution is 2.39. The van der Waals surface area contributed by atoms with Gasteiger partial charge in [-0.15, -0.1) is 10.2 Å². The standard InChI is InChI=1S/C28H21N5S/c1-3-10-19(11-4-1)26-30-31-28(32(26)21-13-5-2-6-14-21)34-27-22-15-9-12-20(22)18-25-29-23-16-7-8-17-24(23)33(25)27/h1-8,10-11,13-14,16-18H,9,12,15H2. The van der Waals surface area contributed by atoms with Gasteiger partial charge in [-0.3, -0.25) is 8.97 Å². The second-order valence-corrected chi connectivity index (χ2v) is 9.50. The summed E-state index contributed by atoms with van der Waals surface area (Å²) in [6.07, 6.45) is 3.35. The molecule has 0 N–H and O–H groups in total. The quantitative estimate of drug-likeness (QED) is 0.307. The van der Waals surface area contributed by atoms with E-state index < -0.39 is 0 Å². The van der Waals surface area contributed by atoms with Crippen LogP contribution in [-0.2, 0) is 12.8 Å². The van der Waals surface area contributed by atoms with E-state index in [0.717, 1.165) is 51.8 Å². The molecule has 0 atom stereocenters. The Morgan fingerprint density at radius 3 is 2.38 bits per heavy atom. The van der Waals surface area contributed by atoms with Gasteiger partial charge in [0.15, 0.2) is 5.82 Å². The molecule has 1 aliphatic rings. The highest BCUT2D eigenvalue weighted by Gasteiger charge is 2.24. The van der Waals surface area contributed by atoms with Crippen LogP contribution in [0.2, 0.25) is 0 Å². The zero-order valence-electron chi connectivity index (χ0n) is 18.4. The number of imidazole rings is 1. The lowest BCUT2D eigenvalue weighted by Crippen LogP contribution is -2.02. The molecule has 0 spiro atoms. The van der Waals surface area contributed by atoms with Crippen LogP contribution in [0.1, 0.15) is 17.5 Å². The van der Waals surface area contributed by atoms with Gasteiger partial charge in [0.2, 0.25) is 5.16 Å². The van der Waals surface area contributed by atoms with E-state index in [4.69, 9.17) is 10.1 Å². The van der Waals surface area contributed by atoms with Gasteiger partial charge in [-0.1, -0.05) is 60.7 Å². The minimum atomic E-state index is 0.841. The van der Waals surface area contributed by atoms with Gasteiger partial charge < -0.3 is 0 Å². The number of hydrogen-bond donors (Lipinski definition) is 0. The molecule has 6 aromatic rings. The lowest BCUT2D eigenvalue weighted by molar-refractivity contribution is 0.869. The molecule has 5 nitrogen and oxygen atoms in total. The molecule has 7 rings (SSSR count). The third kappa shape index (κ3) is 3.06. The van der Waals surface area contributed by atoms with Gasteiger partial charge in [0.25, 0.3) is 0 Å². The van der Waals surface area contributed by atoms with Gasteiger partial charge in [0.1, 0.15) is 5.65 Å². The van der Waals surface area contributed by atoms with Crippen molar-refractivity contribution in [1.82, 2.24) is 24.1 Å². The molecule has 0 bridgehead atoms. The number of rotatable bonds is 4. The minimum Gasteiger partial charge on any atom is -0.286 e. The summed E-state index contributed by atoms with van der Waals surface area (Å²) in [6.45, 7) is 0. The fraction of sp³-hybridized carbons (Fsp3) is 0.107. The van der Waals surface area contributed by atoms with Gasteiger partial charge in [-0.2, -0.15) is 0 Å². The molecule has 0 radical (unpaired) electrons. The molecule has 6 heteroatoms. The van der Waals surface area contributed by atoms with Gasteiger partial charge in [-0.25, -0.2) is 4.98 Å². The molecular formula is C28H21N5S. The van der Waals surface area contributed by atoms with Crippen molar-refractivity contribution in [3.8, 4) is 17.1 Å². The number of nitrogens with zero attached hydrogens (tertiary/aromatic N) is 5. The van der Waals surface area contributed by atoms with E-state index in [1.165, 1.54) is 22.6 Å². The Bertz CT molecular complexity index is 1650. The zero-order valence-corrected chi connectivity index (χ0v) is 19.2. The first-order valence-corrected chi connectivity index (χ1v) is 12.3. The molecule has 0 saturated carbocycles. The lowest BCUT2D eigenvalue weighted by Gasteiger charge is -2.14. The van der Waals surface area contributed by atoms with E-state index in [2.05, 4.69) is 74.7 Å². The normalized spacial score (nSPS) is 13.1. The Morgan fingerprint density at radius 1 is 0.765 bits per heavy atom. The van der Waals surface area contributed by atoms with Crippen molar-refractivity contribution in [3.63, 3.8) is 0 Å². The number of benzene rings is 3. The van der Waals surface area contributed by atoms with Crippen molar-refractivity contribution in [2.45, 2.75) is 29.4 Å². The Labute approximate surface area is 201 Å². The number of para-hydroxylation sites is 3. The second kappa shape index (κ2) is 7.85. The summed E-state index contributed by atoms with van der Waals surface area (Å²) in [5.74, 6) is 0.841. The molecule has 0 saturated heterocycles. The summed E-state index contributed by atoms with van der Waals surface area (Å²) in [6, 6.07) is 31.3. The van der Waals surface area contributed by atoms with Crippen LogP contribution in [0.25, 0.3) is 33.8 Å². The lowest BCUT2D eigenvalue weighted by atomic mass is 10.2. The van der Waals surface area contributed by atoms with E-state index >= 15 is 0 Å². The monoisotopic (exact) mass is 459 g/mol. The molecular weight excluding hydrogens is 438 g/mol. The van der Waals surface area contributed by atoms with E-state index in [1.54, 1.807) is 11.8 Å². The smallest absolute Gasteiger partial charge is 0.202 e. The van der Waals surface area contributed by atoms with Crippen molar-refractivity contribution >= 4 is 28.4 Å². The number of aryl methyl sites for hydroxylation is 1. The summed E-state index contributed by atoms with van der Waals surface area (Å²) in [5.41, 5.74) is 8.05. The Morgan fingerprint density at radius 2 is 1.53 bits per heavy atom. The fourth-order valence-electron chi connectivity index (χ4n) is 4.93. The van der Waals surface area contributed by atoms with Crippen LogP contribution in [0.15, 0.2) is 101 Å². The topological polar surface area (TPSA) is 48.0 Å². The molecule has 34 heavy (non-hydrogen) atoms. The van der Waals surface area contributed by atoms with Crippen LogP contribution in [0.5, 0.6) is 0 Å². The largest absolute Gasteiger partial charge is 0.286 e. The molecule has 3 aromatic heterocycles. The summed E-state index contributed by atoms with van der Waals surface area (Å²) in [4.78, 5) is 4.94. The fourth-order valence-corrected chi connectivity index (χ4v) is 6.11. The van der Waals surface area contributed by atoms with Crippen LogP contribution in [0, 0.1) is 0 Å². The van der Waals surface area contributed by atoms with Crippen LogP contribution in [0.4, 0.5) is 0 Å². The third-order valence-electron chi connectivity index (χ3n) is 6.48. The van der Waals surface area contributed by atoms with Gasteiger partial charge >= 0.3 is 0 Å². The number of fused-ring (bicyclic) bond motifs is 4. The average molecular weight is 460 g/mol.